The average Bonchev–Trinajstić information content (AvgIpc) is 2.34. The van der Waals surface area contributed by atoms with Crippen LogP contribution in [0.5, 0.6) is 0 Å². The number of carbonyl (C=O) groups excluding carboxylic acids is 1. The summed E-state index contributed by atoms with van der Waals surface area (Å²) in [4.78, 5) is 22.6. The summed E-state index contributed by atoms with van der Waals surface area (Å²) in [5.41, 5.74) is 0.663. The second-order valence-corrected chi connectivity index (χ2v) is 3.53. The molecule has 17 heavy (non-hydrogen) atoms. The Kier molecular flexibility index (Phi) is 5.10. The van der Waals surface area contributed by atoms with E-state index in [0.29, 0.717) is 12.0 Å². The molecule has 1 rings (SSSR count). The quantitative estimate of drug-likeness (QED) is 0.579. The number of hydrogen-bond acceptors (Lipinski definition) is 3. The van der Waals surface area contributed by atoms with Crippen molar-refractivity contribution in [3.63, 3.8) is 0 Å². The first kappa shape index (κ1) is 13.1. The van der Waals surface area contributed by atoms with E-state index in [1.807, 2.05) is 0 Å². The van der Waals surface area contributed by atoms with Gasteiger partial charge in [0.15, 0.2) is 5.78 Å². The maximum Gasteiger partial charge on any atom is 0.328 e. The number of aliphatic hydroxyl groups is 1. The largest absolute Gasteiger partial charge is 0.478 e. The van der Waals surface area contributed by atoms with Crippen LogP contribution in [0.25, 0.3) is 0 Å². The lowest BCUT2D eigenvalue weighted by atomic mass is 9.99. The highest BCUT2D eigenvalue weighted by atomic mass is 16.4. The van der Waals surface area contributed by atoms with Crippen molar-refractivity contribution in [3.05, 3.63) is 47.5 Å². The van der Waals surface area contributed by atoms with Gasteiger partial charge in [0.05, 0.1) is 0 Å². The Morgan fingerprint density at radius 3 is 2.35 bits per heavy atom. The molecule has 0 atom stereocenters. The lowest BCUT2D eigenvalue weighted by Crippen LogP contribution is -2.07. The number of ketones is 1. The summed E-state index contributed by atoms with van der Waals surface area (Å²) >= 11 is 0. The molecule has 0 amide bonds. The predicted molar refractivity (Wildman–Crippen MR) is 62.8 cm³/mol. The van der Waals surface area contributed by atoms with Gasteiger partial charge in [-0.2, -0.15) is 0 Å². The minimum atomic E-state index is -1.15. The maximum atomic E-state index is 12.0. The molecule has 0 aromatic heterocycles. The molecule has 90 valence electrons. The molecule has 0 saturated carbocycles. The van der Waals surface area contributed by atoms with Gasteiger partial charge in [-0.15, -0.1) is 0 Å². The van der Waals surface area contributed by atoms with Gasteiger partial charge in [0.25, 0.3) is 0 Å². The molecule has 0 unspecified atom stereocenters. The Balaban J connectivity index is 2.91. The van der Waals surface area contributed by atoms with Crippen LogP contribution in [0.4, 0.5) is 0 Å². The van der Waals surface area contributed by atoms with Crippen LogP contribution >= 0.6 is 0 Å². The monoisotopic (exact) mass is 234 g/mol. The summed E-state index contributed by atoms with van der Waals surface area (Å²) < 4.78 is 0. The summed E-state index contributed by atoms with van der Waals surface area (Å²) in [6.07, 6.45) is 1.54. The highest BCUT2D eigenvalue weighted by Crippen LogP contribution is 2.13. The Morgan fingerprint density at radius 2 is 1.82 bits per heavy atom. The number of carboxylic acids is 1. The fourth-order valence-corrected chi connectivity index (χ4v) is 1.44. The number of carboxylic acid groups (broad SMARTS) is 1. The molecule has 4 heteroatoms. The van der Waals surface area contributed by atoms with Crippen LogP contribution in [0.1, 0.15) is 23.2 Å². The number of Topliss-reactive ketones (excluding diaryl/α,β-unsaturated/α-hetero) is 1. The first-order valence-electron chi connectivity index (χ1n) is 5.29. The third-order valence-corrected chi connectivity index (χ3v) is 2.23. The van der Waals surface area contributed by atoms with Gasteiger partial charge in [-0.3, -0.25) is 4.79 Å². The van der Waals surface area contributed by atoms with Crippen molar-refractivity contribution in [2.75, 3.05) is 6.61 Å². The Labute approximate surface area is 99.2 Å². The number of aliphatic hydroxyl groups excluding tert-OH is 1. The summed E-state index contributed by atoms with van der Waals surface area (Å²) in [6.45, 7) is -0.0704. The van der Waals surface area contributed by atoms with Crippen molar-refractivity contribution in [2.45, 2.75) is 12.8 Å². The molecule has 0 bridgehead atoms. The number of hydrogen-bond donors (Lipinski definition) is 2. The number of rotatable bonds is 6. The fourth-order valence-electron chi connectivity index (χ4n) is 1.44. The van der Waals surface area contributed by atoms with Crippen molar-refractivity contribution >= 4 is 11.8 Å². The third kappa shape index (κ3) is 4.20. The molecule has 2 N–H and O–H groups in total. The van der Waals surface area contributed by atoms with Crippen molar-refractivity contribution in [2.24, 2.45) is 0 Å². The van der Waals surface area contributed by atoms with E-state index in [0.717, 1.165) is 6.08 Å². The van der Waals surface area contributed by atoms with Crippen LogP contribution < -0.4 is 0 Å². The average molecular weight is 234 g/mol. The minimum absolute atomic E-state index is 0.0704. The fraction of sp³-hybridized carbons (Fsp3) is 0.231. The van der Waals surface area contributed by atoms with E-state index < -0.39 is 5.97 Å². The van der Waals surface area contributed by atoms with Crippen LogP contribution in [0.3, 0.4) is 0 Å². The smallest absolute Gasteiger partial charge is 0.328 e. The molecule has 1 aromatic rings. The highest BCUT2D eigenvalue weighted by molar-refractivity contribution is 6.11. The van der Waals surface area contributed by atoms with E-state index in [1.54, 1.807) is 30.3 Å². The van der Waals surface area contributed by atoms with Crippen molar-refractivity contribution in [1.82, 2.24) is 0 Å². The summed E-state index contributed by atoms with van der Waals surface area (Å²) in [6, 6.07) is 8.49. The van der Waals surface area contributed by atoms with Gasteiger partial charge in [0.1, 0.15) is 0 Å². The SMILES string of the molecule is O=C(O)C=C(CCCO)C(=O)c1ccccc1. The van der Waals surface area contributed by atoms with Crippen molar-refractivity contribution in [1.29, 1.82) is 0 Å². The molecule has 0 aliphatic rings. The lowest BCUT2D eigenvalue weighted by molar-refractivity contribution is -0.131. The molecular weight excluding hydrogens is 220 g/mol. The van der Waals surface area contributed by atoms with Gasteiger partial charge < -0.3 is 10.2 Å². The molecule has 0 fully saturated rings. The minimum Gasteiger partial charge on any atom is -0.478 e. The normalized spacial score (nSPS) is 11.2. The summed E-state index contributed by atoms with van der Waals surface area (Å²) in [5, 5.41) is 17.4. The van der Waals surface area contributed by atoms with Gasteiger partial charge in [-0.25, -0.2) is 4.79 Å². The zero-order valence-corrected chi connectivity index (χ0v) is 9.30. The van der Waals surface area contributed by atoms with E-state index in [4.69, 9.17) is 10.2 Å². The Hall–Kier alpha value is -1.94. The zero-order valence-electron chi connectivity index (χ0n) is 9.30. The molecule has 0 heterocycles. The molecule has 0 aliphatic heterocycles. The van der Waals surface area contributed by atoms with Crippen molar-refractivity contribution in [3.8, 4) is 0 Å². The number of carbonyl (C=O) groups is 2. The molecule has 4 nitrogen and oxygen atoms in total. The second kappa shape index (κ2) is 6.60. The first-order chi connectivity index (χ1) is 8.15. The van der Waals surface area contributed by atoms with E-state index in [1.165, 1.54) is 0 Å². The van der Waals surface area contributed by atoms with Crippen LogP contribution in [-0.2, 0) is 4.79 Å². The lowest BCUT2D eigenvalue weighted by Gasteiger charge is -2.04. The number of benzene rings is 1. The standard InChI is InChI=1S/C13H14O4/c14-8-4-7-11(9-12(15)16)13(17)10-5-2-1-3-6-10/h1-3,5-6,9,14H,4,7-8H2,(H,15,16). The van der Waals surface area contributed by atoms with Gasteiger partial charge in [0, 0.05) is 23.8 Å². The third-order valence-electron chi connectivity index (χ3n) is 2.23. The summed E-state index contributed by atoms with van der Waals surface area (Å²) in [7, 11) is 0. The van der Waals surface area contributed by atoms with Gasteiger partial charge >= 0.3 is 5.97 Å². The molecule has 0 aliphatic carbocycles. The Morgan fingerprint density at radius 1 is 1.18 bits per heavy atom. The summed E-state index contributed by atoms with van der Waals surface area (Å²) in [5.74, 6) is -1.45. The zero-order chi connectivity index (χ0) is 12.7. The van der Waals surface area contributed by atoms with E-state index in [2.05, 4.69) is 0 Å². The Bertz CT molecular complexity index is 420. The van der Waals surface area contributed by atoms with E-state index >= 15 is 0 Å². The van der Waals surface area contributed by atoms with Crippen LogP contribution in [0, 0.1) is 0 Å². The van der Waals surface area contributed by atoms with Gasteiger partial charge in [-0.1, -0.05) is 30.3 Å². The molecule has 1 aromatic carbocycles. The van der Waals surface area contributed by atoms with Crippen LogP contribution in [0.15, 0.2) is 42.0 Å². The van der Waals surface area contributed by atoms with Crippen molar-refractivity contribution < 1.29 is 19.8 Å². The molecule has 0 radical (unpaired) electrons. The highest BCUT2D eigenvalue weighted by Gasteiger charge is 2.12. The molecule has 0 saturated heterocycles. The van der Waals surface area contributed by atoms with Crippen LogP contribution in [-0.4, -0.2) is 28.6 Å². The van der Waals surface area contributed by atoms with E-state index in [-0.39, 0.29) is 24.4 Å². The number of allylic oxidation sites excluding steroid dienone is 1. The topological polar surface area (TPSA) is 74.6 Å². The second-order valence-electron chi connectivity index (χ2n) is 3.53. The predicted octanol–water partition coefficient (Wildman–Crippen LogP) is 1.65. The molecule has 0 spiro atoms. The maximum absolute atomic E-state index is 12.0. The molecular formula is C13H14O4. The van der Waals surface area contributed by atoms with Crippen LogP contribution in [0.2, 0.25) is 0 Å². The number of aliphatic carboxylic acids is 1. The van der Waals surface area contributed by atoms with E-state index in [9.17, 15) is 9.59 Å². The van der Waals surface area contributed by atoms with Gasteiger partial charge in [0.2, 0.25) is 0 Å². The van der Waals surface area contributed by atoms with Gasteiger partial charge in [-0.05, 0) is 12.8 Å². The first-order valence-corrected chi connectivity index (χ1v) is 5.29.